The minimum Gasteiger partial charge on any atom is -0.310 e. The van der Waals surface area contributed by atoms with E-state index in [1.807, 2.05) is 0 Å². The van der Waals surface area contributed by atoms with Crippen LogP contribution in [-0.2, 0) is 6.42 Å². The summed E-state index contributed by atoms with van der Waals surface area (Å²) < 4.78 is 1.23. The fourth-order valence-corrected chi connectivity index (χ4v) is 4.10. The van der Waals surface area contributed by atoms with E-state index in [0.717, 1.165) is 13.0 Å². The Labute approximate surface area is 119 Å². The van der Waals surface area contributed by atoms with Gasteiger partial charge >= 0.3 is 0 Å². The van der Waals surface area contributed by atoms with Gasteiger partial charge in [0.25, 0.3) is 0 Å². The van der Waals surface area contributed by atoms with E-state index < -0.39 is 0 Å². The molecular weight excluding hydrogens is 314 g/mol. The fourth-order valence-electron chi connectivity index (χ4n) is 1.80. The topological polar surface area (TPSA) is 12.0 Å². The molecule has 0 amide bonds. The van der Waals surface area contributed by atoms with Crippen LogP contribution in [0, 0.1) is 0 Å². The summed E-state index contributed by atoms with van der Waals surface area (Å²) in [6.45, 7) is 3.27. The van der Waals surface area contributed by atoms with Crippen LogP contribution in [0.3, 0.4) is 0 Å². The van der Waals surface area contributed by atoms with Gasteiger partial charge in [-0.25, -0.2) is 0 Å². The predicted molar refractivity (Wildman–Crippen MR) is 81.1 cm³/mol. The van der Waals surface area contributed by atoms with Crippen molar-refractivity contribution >= 4 is 38.6 Å². The van der Waals surface area contributed by atoms with Gasteiger partial charge in [-0.2, -0.15) is 22.7 Å². The zero-order valence-electron chi connectivity index (χ0n) is 9.78. The Morgan fingerprint density at radius 1 is 1.29 bits per heavy atom. The minimum atomic E-state index is 0.421. The summed E-state index contributed by atoms with van der Waals surface area (Å²) in [4.78, 5) is 0. The van der Waals surface area contributed by atoms with Crippen LogP contribution in [0.1, 0.15) is 30.5 Å². The smallest absolute Gasteiger partial charge is 0.0380 e. The summed E-state index contributed by atoms with van der Waals surface area (Å²) >= 11 is 7.16. The van der Waals surface area contributed by atoms with Crippen molar-refractivity contribution in [1.82, 2.24) is 5.32 Å². The molecule has 0 aliphatic carbocycles. The Kier molecular flexibility index (Phi) is 5.22. The molecule has 2 aromatic heterocycles. The Balaban J connectivity index is 2.11. The van der Waals surface area contributed by atoms with E-state index in [0.29, 0.717) is 6.04 Å². The lowest BCUT2D eigenvalue weighted by Gasteiger charge is -2.17. The summed E-state index contributed by atoms with van der Waals surface area (Å²) in [6, 6.07) is 2.64. The molecule has 1 nitrogen and oxygen atoms in total. The summed E-state index contributed by atoms with van der Waals surface area (Å²) in [5, 5.41) is 12.4. The van der Waals surface area contributed by atoms with Crippen molar-refractivity contribution in [3.05, 3.63) is 43.2 Å². The second kappa shape index (κ2) is 6.69. The molecule has 0 aliphatic heterocycles. The first-order valence-electron chi connectivity index (χ1n) is 5.77. The molecular formula is C13H16BrNS2. The standard InChI is InChI=1S/C13H16BrNS2/c1-2-4-15-13(6-10-3-5-16-7-10)11-8-17-9-12(11)14/h3,5,7-9,13,15H,2,4,6H2,1H3. The van der Waals surface area contributed by atoms with Crippen LogP contribution >= 0.6 is 38.6 Å². The molecule has 0 bridgehead atoms. The Morgan fingerprint density at radius 3 is 2.76 bits per heavy atom. The summed E-state index contributed by atoms with van der Waals surface area (Å²) in [6.07, 6.45) is 2.24. The minimum absolute atomic E-state index is 0.421. The quantitative estimate of drug-likeness (QED) is 0.798. The molecule has 2 rings (SSSR count). The van der Waals surface area contributed by atoms with Crippen molar-refractivity contribution in [3.63, 3.8) is 0 Å². The maximum absolute atomic E-state index is 3.64. The average molecular weight is 330 g/mol. The molecule has 0 fully saturated rings. The van der Waals surface area contributed by atoms with Crippen molar-refractivity contribution < 1.29 is 0 Å². The van der Waals surface area contributed by atoms with Gasteiger partial charge in [0.05, 0.1) is 0 Å². The highest BCUT2D eigenvalue weighted by molar-refractivity contribution is 9.10. The highest BCUT2D eigenvalue weighted by Crippen LogP contribution is 2.29. The predicted octanol–water partition coefficient (Wildman–Crippen LogP) is 4.86. The molecule has 0 spiro atoms. The third-order valence-corrected chi connectivity index (χ3v) is 5.16. The molecule has 0 radical (unpaired) electrons. The molecule has 0 aromatic carbocycles. The molecule has 2 heterocycles. The highest BCUT2D eigenvalue weighted by atomic mass is 79.9. The van der Waals surface area contributed by atoms with Crippen molar-refractivity contribution in [2.45, 2.75) is 25.8 Å². The van der Waals surface area contributed by atoms with Crippen molar-refractivity contribution in [2.24, 2.45) is 0 Å². The Hall–Kier alpha value is -0.160. The summed E-state index contributed by atoms with van der Waals surface area (Å²) in [5.74, 6) is 0. The van der Waals surface area contributed by atoms with E-state index in [4.69, 9.17) is 0 Å². The number of rotatable bonds is 6. The lowest BCUT2D eigenvalue weighted by molar-refractivity contribution is 0.529. The first-order chi connectivity index (χ1) is 8.31. The molecule has 0 saturated carbocycles. The second-order valence-corrected chi connectivity index (χ2v) is 6.40. The van der Waals surface area contributed by atoms with Crippen LogP contribution in [0.15, 0.2) is 32.1 Å². The van der Waals surface area contributed by atoms with Crippen LogP contribution in [0.25, 0.3) is 0 Å². The van der Waals surface area contributed by atoms with Crippen LogP contribution in [0.5, 0.6) is 0 Å². The van der Waals surface area contributed by atoms with Crippen molar-refractivity contribution in [2.75, 3.05) is 6.54 Å². The molecule has 0 aliphatic rings. The van der Waals surface area contributed by atoms with E-state index in [1.165, 1.54) is 22.0 Å². The van der Waals surface area contributed by atoms with E-state index in [9.17, 15) is 0 Å². The second-order valence-electron chi connectivity index (χ2n) is 4.02. The summed E-state index contributed by atoms with van der Waals surface area (Å²) in [7, 11) is 0. The lowest BCUT2D eigenvalue weighted by atomic mass is 10.0. The number of nitrogens with one attached hydrogen (secondary N) is 1. The third kappa shape index (κ3) is 3.65. The van der Waals surface area contributed by atoms with Crippen LogP contribution in [-0.4, -0.2) is 6.54 Å². The van der Waals surface area contributed by atoms with Gasteiger partial charge in [-0.3, -0.25) is 0 Å². The molecule has 17 heavy (non-hydrogen) atoms. The van der Waals surface area contributed by atoms with E-state index in [-0.39, 0.29) is 0 Å². The molecule has 92 valence electrons. The van der Waals surface area contributed by atoms with Gasteiger partial charge < -0.3 is 5.32 Å². The third-order valence-electron chi connectivity index (χ3n) is 2.68. The SMILES string of the molecule is CCCNC(Cc1ccsc1)c1cscc1Br. The maximum Gasteiger partial charge on any atom is 0.0380 e. The summed E-state index contributed by atoms with van der Waals surface area (Å²) in [5.41, 5.74) is 2.80. The molecule has 1 atom stereocenters. The molecule has 0 saturated heterocycles. The first kappa shape index (κ1) is 13.3. The molecule has 4 heteroatoms. The molecule has 1 N–H and O–H groups in total. The normalized spacial score (nSPS) is 12.8. The Morgan fingerprint density at radius 2 is 2.18 bits per heavy atom. The average Bonchev–Trinajstić information content (AvgIpc) is 2.95. The van der Waals surface area contributed by atoms with Gasteiger partial charge in [0.15, 0.2) is 0 Å². The first-order valence-corrected chi connectivity index (χ1v) is 8.45. The van der Waals surface area contributed by atoms with Gasteiger partial charge in [-0.15, -0.1) is 0 Å². The van der Waals surface area contributed by atoms with Crippen LogP contribution in [0.4, 0.5) is 0 Å². The maximum atomic E-state index is 3.64. The van der Waals surface area contributed by atoms with Crippen LogP contribution in [0.2, 0.25) is 0 Å². The van der Waals surface area contributed by atoms with Crippen molar-refractivity contribution in [3.8, 4) is 0 Å². The molecule has 1 unspecified atom stereocenters. The Bertz CT molecular complexity index is 436. The monoisotopic (exact) mass is 329 g/mol. The van der Waals surface area contributed by atoms with Gasteiger partial charge in [-0.05, 0) is 68.6 Å². The number of hydrogen-bond acceptors (Lipinski definition) is 3. The van der Waals surface area contributed by atoms with Gasteiger partial charge in [0.2, 0.25) is 0 Å². The highest BCUT2D eigenvalue weighted by Gasteiger charge is 2.15. The van der Waals surface area contributed by atoms with Crippen LogP contribution < -0.4 is 5.32 Å². The zero-order chi connectivity index (χ0) is 12.1. The van der Waals surface area contributed by atoms with E-state index >= 15 is 0 Å². The van der Waals surface area contributed by atoms with Gasteiger partial charge in [-0.1, -0.05) is 6.92 Å². The number of thiophene rings is 2. The number of halogens is 1. The zero-order valence-corrected chi connectivity index (χ0v) is 13.0. The van der Waals surface area contributed by atoms with E-state index in [1.54, 1.807) is 22.7 Å². The van der Waals surface area contributed by atoms with Crippen molar-refractivity contribution in [1.29, 1.82) is 0 Å². The number of hydrogen-bond donors (Lipinski definition) is 1. The van der Waals surface area contributed by atoms with E-state index in [2.05, 4.69) is 55.8 Å². The lowest BCUT2D eigenvalue weighted by Crippen LogP contribution is -2.23. The molecule has 2 aromatic rings. The fraction of sp³-hybridized carbons (Fsp3) is 0.385. The van der Waals surface area contributed by atoms with Gasteiger partial charge in [0.1, 0.15) is 0 Å². The largest absolute Gasteiger partial charge is 0.310 e. The van der Waals surface area contributed by atoms with Gasteiger partial charge in [0, 0.05) is 15.9 Å².